The van der Waals surface area contributed by atoms with Crippen molar-refractivity contribution >= 4 is 0 Å². The van der Waals surface area contributed by atoms with E-state index in [-0.39, 0.29) is 0 Å². The van der Waals surface area contributed by atoms with Gasteiger partial charge in [-0.2, -0.15) is 0 Å². The molecule has 1 unspecified atom stereocenters. The molecule has 0 aliphatic carbocycles. The minimum atomic E-state index is 0.668. The van der Waals surface area contributed by atoms with Gasteiger partial charge in [0.1, 0.15) is 0 Å². The zero-order chi connectivity index (χ0) is 9.56. The molecular weight excluding hydrogens is 148 g/mol. The van der Waals surface area contributed by atoms with Crippen molar-refractivity contribution in [2.45, 2.75) is 46.2 Å². The molecule has 1 atom stereocenters. The van der Waals surface area contributed by atoms with Gasteiger partial charge < -0.3 is 5.32 Å². The van der Waals surface area contributed by atoms with Crippen molar-refractivity contribution in [1.82, 2.24) is 10.2 Å². The average Bonchev–Trinajstić information content (AvgIpc) is 2.01. The Labute approximate surface area is 77.3 Å². The minimum Gasteiger partial charge on any atom is -0.320 e. The molecule has 0 fully saturated rings. The quantitative estimate of drug-likeness (QED) is 0.656. The summed E-state index contributed by atoms with van der Waals surface area (Å²) in [5.41, 5.74) is 0. The summed E-state index contributed by atoms with van der Waals surface area (Å²) in [6.45, 7) is 11.3. The highest BCUT2D eigenvalue weighted by Crippen LogP contribution is 2.07. The fraction of sp³-hybridized carbons (Fsp3) is 1.00. The molecule has 12 heavy (non-hydrogen) atoms. The predicted molar refractivity (Wildman–Crippen MR) is 55.5 cm³/mol. The van der Waals surface area contributed by atoms with E-state index in [4.69, 9.17) is 0 Å². The second-order valence-electron chi connectivity index (χ2n) is 3.67. The summed E-state index contributed by atoms with van der Waals surface area (Å²) >= 11 is 0. The maximum Gasteiger partial charge on any atom is 0.00815 e. The summed E-state index contributed by atoms with van der Waals surface area (Å²) in [5.74, 6) is 0. The smallest absolute Gasteiger partial charge is 0.00815 e. The van der Waals surface area contributed by atoms with E-state index in [2.05, 4.69) is 37.9 Å². The standard InChI is InChI=1S/C10H24N2/c1-6-12(9(2)3)10(4)7-8-11-5/h9-11H,6-8H2,1-5H3. The van der Waals surface area contributed by atoms with Crippen molar-refractivity contribution in [3.8, 4) is 0 Å². The average molecular weight is 172 g/mol. The monoisotopic (exact) mass is 172 g/mol. The second-order valence-corrected chi connectivity index (χ2v) is 3.67. The van der Waals surface area contributed by atoms with Gasteiger partial charge in [-0.05, 0) is 47.3 Å². The van der Waals surface area contributed by atoms with Gasteiger partial charge >= 0.3 is 0 Å². The maximum atomic E-state index is 3.19. The third-order valence-corrected chi connectivity index (χ3v) is 2.41. The minimum absolute atomic E-state index is 0.668. The first-order valence-corrected chi connectivity index (χ1v) is 5.03. The number of hydrogen-bond donors (Lipinski definition) is 1. The molecule has 2 nitrogen and oxygen atoms in total. The fourth-order valence-electron chi connectivity index (χ4n) is 1.70. The van der Waals surface area contributed by atoms with Gasteiger partial charge in [0.05, 0.1) is 0 Å². The SMILES string of the molecule is CCN(C(C)C)C(C)CCNC. The zero-order valence-electron chi connectivity index (χ0n) is 9.22. The van der Waals surface area contributed by atoms with Crippen LogP contribution in [0.1, 0.15) is 34.1 Å². The number of hydrogen-bond acceptors (Lipinski definition) is 2. The van der Waals surface area contributed by atoms with Crippen molar-refractivity contribution in [2.75, 3.05) is 20.1 Å². The fourth-order valence-corrected chi connectivity index (χ4v) is 1.70. The molecule has 0 saturated heterocycles. The Balaban J connectivity index is 3.77. The topological polar surface area (TPSA) is 15.3 Å². The van der Waals surface area contributed by atoms with E-state index in [1.165, 1.54) is 6.42 Å². The third kappa shape index (κ3) is 4.07. The largest absolute Gasteiger partial charge is 0.320 e. The van der Waals surface area contributed by atoms with Crippen LogP contribution >= 0.6 is 0 Å². The first kappa shape index (κ1) is 11.9. The lowest BCUT2D eigenvalue weighted by atomic mass is 10.1. The van der Waals surface area contributed by atoms with E-state index in [0.29, 0.717) is 12.1 Å². The van der Waals surface area contributed by atoms with Crippen molar-refractivity contribution < 1.29 is 0 Å². The summed E-state index contributed by atoms with van der Waals surface area (Å²) in [6.07, 6.45) is 1.24. The Morgan fingerprint density at radius 1 is 1.25 bits per heavy atom. The normalized spacial score (nSPS) is 14.2. The van der Waals surface area contributed by atoms with Crippen LogP contribution < -0.4 is 5.32 Å². The van der Waals surface area contributed by atoms with E-state index in [1.54, 1.807) is 0 Å². The van der Waals surface area contributed by atoms with Crippen molar-refractivity contribution in [1.29, 1.82) is 0 Å². The lowest BCUT2D eigenvalue weighted by molar-refractivity contribution is 0.166. The summed E-state index contributed by atoms with van der Waals surface area (Å²) in [5, 5.41) is 3.19. The molecule has 0 heterocycles. The van der Waals surface area contributed by atoms with E-state index in [9.17, 15) is 0 Å². The predicted octanol–water partition coefficient (Wildman–Crippen LogP) is 1.71. The molecule has 0 bridgehead atoms. The molecule has 0 amide bonds. The van der Waals surface area contributed by atoms with E-state index in [0.717, 1.165) is 13.1 Å². The molecule has 0 rings (SSSR count). The van der Waals surface area contributed by atoms with Crippen LogP contribution in [-0.2, 0) is 0 Å². The highest BCUT2D eigenvalue weighted by atomic mass is 15.2. The highest BCUT2D eigenvalue weighted by Gasteiger charge is 2.13. The van der Waals surface area contributed by atoms with Gasteiger partial charge in [-0.15, -0.1) is 0 Å². The number of rotatable bonds is 6. The first-order valence-electron chi connectivity index (χ1n) is 5.03. The summed E-state index contributed by atoms with van der Waals surface area (Å²) in [7, 11) is 2.01. The van der Waals surface area contributed by atoms with E-state index >= 15 is 0 Å². The summed E-state index contributed by atoms with van der Waals surface area (Å²) in [6, 6.07) is 1.37. The van der Waals surface area contributed by atoms with Crippen LogP contribution in [0, 0.1) is 0 Å². The molecular formula is C10H24N2. The molecule has 0 saturated carbocycles. The van der Waals surface area contributed by atoms with Crippen LogP contribution in [0.15, 0.2) is 0 Å². The molecule has 2 heteroatoms. The zero-order valence-corrected chi connectivity index (χ0v) is 9.22. The second kappa shape index (κ2) is 6.44. The molecule has 0 aromatic carbocycles. The van der Waals surface area contributed by atoms with Gasteiger partial charge in [-0.3, -0.25) is 4.90 Å². The molecule has 74 valence electrons. The van der Waals surface area contributed by atoms with Crippen LogP contribution in [0.5, 0.6) is 0 Å². The third-order valence-electron chi connectivity index (χ3n) is 2.41. The lowest BCUT2D eigenvalue weighted by Gasteiger charge is -2.31. The maximum absolute atomic E-state index is 3.19. The van der Waals surface area contributed by atoms with Gasteiger partial charge in [0.2, 0.25) is 0 Å². The van der Waals surface area contributed by atoms with E-state index in [1.807, 2.05) is 7.05 Å². The Kier molecular flexibility index (Phi) is 6.39. The molecule has 0 aliphatic rings. The van der Waals surface area contributed by atoms with Crippen molar-refractivity contribution in [3.05, 3.63) is 0 Å². The lowest BCUT2D eigenvalue weighted by Crippen LogP contribution is -2.39. The molecule has 1 N–H and O–H groups in total. The Morgan fingerprint density at radius 2 is 1.83 bits per heavy atom. The van der Waals surface area contributed by atoms with Gasteiger partial charge in [-0.25, -0.2) is 0 Å². The highest BCUT2D eigenvalue weighted by molar-refractivity contribution is 4.69. The molecule has 0 radical (unpaired) electrons. The summed E-state index contributed by atoms with van der Waals surface area (Å²) in [4.78, 5) is 2.53. The Bertz CT molecular complexity index is 102. The van der Waals surface area contributed by atoms with Gasteiger partial charge in [0.15, 0.2) is 0 Å². The number of nitrogens with one attached hydrogen (secondary N) is 1. The van der Waals surface area contributed by atoms with E-state index < -0.39 is 0 Å². The molecule has 0 aliphatic heterocycles. The first-order chi connectivity index (χ1) is 5.63. The summed E-state index contributed by atoms with van der Waals surface area (Å²) < 4.78 is 0. The Morgan fingerprint density at radius 3 is 2.17 bits per heavy atom. The van der Waals surface area contributed by atoms with Crippen LogP contribution in [-0.4, -0.2) is 37.1 Å². The van der Waals surface area contributed by atoms with Crippen LogP contribution in [0.25, 0.3) is 0 Å². The molecule has 0 spiro atoms. The van der Waals surface area contributed by atoms with Crippen LogP contribution in [0.3, 0.4) is 0 Å². The Hall–Kier alpha value is -0.0800. The van der Waals surface area contributed by atoms with Gasteiger partial charge in [-0.1, -0.05) is 6.92 Å². The van der Waals surface area contributed by atoms with Crippen LogP contribution in [0.2, 0.25) is 0 Å². The number of nitrogens with zero attached hydrogens (tertiary/aromatic N) is 1. The van der Waals surface area contributed by atoms with Crippen LogP contribution in [0.4, 0.5) is 0 Å². The van der Waals surface area contributed by atoms with Gasteiger partial charge in [0, 0.05) is 12.1 Å². The molecule has 0 aromatic heterocycles. The van der Waals surface area contributed by atoms with Crippen molar-refractivity contribution in [3.63, 3.8) is 0 Å². The molecule has 0 aromatic rings. The van der Waals surface area contributed by atoms with Crippen molar-refractivity contribution in [2.24, 2.45) is 0 Å². The van der Waals surface area contributed by atoms with Gasteiger partial charge in [0.25, 0.3) is 0 Å².